The highest BCUT2D eigenvalue weighted by Gasteiger charge is 2.14. The Hall–Kier alpha value is -2.71. The summed E-state index contributed by atoms with van der Waals surface area (Å²) in [6, 6.07) is 13.9. The Kier molecular flexibility index (Phi) is 6.05. The largest absolute Gasteiger partial charge is 0.493 e. The second kappa shape index (κ2) is 8.23. The summed E-state index contributed by atoms with van der Waals surface area (Å²) in [5.41, 5.74) is 1.29. The highest BCUT2D eigenvalue weighted by molar-refractivity contribution is 6.31. The maximum absolute atomic E-state index is 12.1. The van der Waals surface area contributed by atoms with E-state index in [1.807, 2.05) is 31.2 Å². The van der Waals surface area contributed by atoms with Gasteiger partial charge in [-0.3, -0.25) is 4.79 Å². The molecule has 0 aromatic heterocycles. The molecule has 2 aromatic rings. The Morgan fingerprint density at radius 1 is 1.29 bits per heavy atom. The fraction of sp³-hybridized carbons (Fsp3) is 0.222. The van der Waals surface area contributed by atoms with Crippen LogP contribution in [0, 0.1) is 11.3 Å². The first-order valence-electron chi connectivity index (χ1n) is 7.30. The second-order valence-corrected chi connectivity index (χ2v) is 5.48. The first-order valence-corrected chi connectivity index (χ1v) is 7.67. The molecule has 2 aromatic carbocycles. The van der Waals surface area contributed by atoms with Gasteiger partial charge < -0.3 is 14.8 Å². The fourth-order valence-corrected chi connectivity index (χ4v) is 2.49. The molecule has 24 heavy (non-hydrogen) atoms. The number of halogens is 1. The minimum Gasteiger partial charge on any atom is -0.493 e. The number of nitrogens with one attached hydrogen (secondary N) is 1. The average Bonchev–Trinajstić information content (AvgIpc) is 2.60. The van der Waals surface area contributed by atoms with Crippen molar-refractivity contribution in [2.24, 2.45) is 0 Å². The van der Waals surface area contributed by atoms with Crippen LogP contribution in [0.15, 0.2) is 42.5 Å². The number of ether oxygens (including phenoxy) is 2. The standard InChI is InChI=1S/C18H17ClN2O3/c1-12(14-5-3-4-6-15(14)19)21-18(22)11-24-16-8-7-13(10-20)9-17(16)23-2/h3-9,12H,11H2,1-2H3,(H,21,22)/t12-/m0/s1. The minimum atomic E-state index is -0.283. The molecule has 2 rings (SSSR count). The van der Waals surface area contributed by atoms with E-state index in [9.17, 15) is 4.79 Å². The van der Waals surface area contributed by atoms with Gasteiger partial charge in [-0.05, 0) is 30.7 Å². The van der Waals surface area contributed by atoms with Crippen molar-refractivity contribution in [1.29, 1.82) is 5.26 Å². The number of nitrogens with zero attached hydrogens (tertiary/aromatic N) is 1. The van der Waals surface area contributed by atoms with E-state index < -0.39 is 0 Å². The van der Waals surface area contributed by atoms with Crippen molar-refractivity contribution in [3.63, 3.8) is 0 Å². The van der Waals surface area contributed by atoms with Crippen molar-refractivity contribution < 1.29 is 14.3 Å². The van der Waals surface area contributed by atoms with Crippen molar-refractivity contribution >= 4 is 17.5 Å². The van der Waals surface area contributed by atoms with Crippen LogP contribution >= 0.6 is 11.6 Å². The summed E-state index contributed by atoms with van der Waals surface area (Å²) in [7, 11) is 1.48. The molecular weight excluding hydrogens is 328 g/mol. The summed E-state index contributed by atoms with van der Waals surface area (Å²) in [5.74, 6) is 0.520. The van der Waals surface area contributed by atoms with Crippen LogP contribution in [-0.4, -0.2) is 19.6 Å². The Morgan fingerprint density at radius 2 is 2.04 bits per heavy atom. The van der Waals surface area contributed by atoms with Crippen molar-refractivity contribution in [3.8, 4) is 17.6 Å². The summed E-state index contributed by atoms with van der Waals surface area (Å²) < 4.78 is 10.6. The summed E-state index contributed by atoms with van der Waals surface area (Å²) in [6.45, 7) is 1.68. The molecular formula is C18H17ClN2O3. The van der Waals surface area contributed by atoms with Gasteiger partial charge in [0.2, 0.25) is 0 Å². The van der Waals surface area contributed by atoms with Crippen LogP contribution in [0.3, 0.4) is 0 Å². The topological polar surface area (TPSA) is 71.3 Å². The Morgan fingerprint density at radius 3 is 2.71 bits per heavy atom. The van der Waals surface area contributed by atoms with Crippen LogP contribution in [0.5, 0.6) is 11.5 Å². The molecule has 0 spiro atoms. The smallest absolute Gasteiger partial charge is 0.258 e. The molecule has 0 aliphatic rings. The van der Waals surface area contributed by atoms with Crippen LogP contribution in [0.25, 0.3) is 0 Å². The normalized spacial score (nSPS) is 11.2. The number of carbonyl (C=O) groups is 1. The highest BCUT2D eigenvalue weighted by Crippen LogP contribution is 2.28. The van der Waals surface area contributed by atoms with Gasteiger partial charge in [0.25, 0.3) is 5.91 Å². The van der Waals surface area contributed by atoms with E-state index in [4.69, 9.17) is 26.3 Å². The lowest BCUT2D eigenvalue weighted by molar-refractivity contribution is -0.123. The Labute approximate surface area is 145 Å². The molecule has 1 N–H and O–H groups in total. The minimum absolute atomic E-state index is 0.170. The monoisotopic (exact) mass is 344 g/mol. The number of hydrogen-bond donors (Lipinski definition) is 1. The van der Waals surface area contributed by atoms with Gasteiger partial charge in [-0.2, -0.15) is 5.26 Å². The van der Waals surface area contributed by atoms with Gasteiger partial charge in [0.15, 0.2) is 18.1 Å². The molecule has 0 radical (unpaired) electrons. The number of methoxy groups -OCH3 is 1. The number of amides is 1. The third-order valence-corrected chi connectivity index (χ3v) is 3.74. The van der Waals surface area contributed by atoms with E-state index in [1.165, 1.54) is 7.11 Å². The number of nitriles is 1. The third kappa shape index (κ3) is 4.40. The predicted octanol–water partition coefficient (Wildman–Crippen LogP) is 3.48. The summed E-state index contributed by atoms with van der Waals surface area (Å²) >= 11 is 6.12. The van der Waals surface area contributed by atoms with Crippen LogP contribution in [0.2, 0.25) is 5.02 Å². The zero-order valence-electron chi connectivity index (χ0n) is 13.4. The molecule has 0 heterocycles. The quantitative estimate of drug-likeness (QED) is 0.870. The van der Waals surface area contributed by atoms with Gasteiger partial charge in [0.05, 0.1) is 24.8 Å². The lowest BCUT2D eigenvalue weighted by atomic mass is 10.1. The molecule has 0 aliphatic carbocycles. The predicted molar refractivity (Wildman–Crippen MR) is 91.2 cm³/mol. The molecule has 0 unspecified atom stereocenters. The van der Waals surface area contributed by atoms with Crippen molar-refractivity contribution in [2.75, 3.05) is 13.7 Å². The van der Waals surface area contributed by atoms with Crippen molar-refractivity contribution in [2.45, 2.75) is 13.0 Å². The summed E-state index contributed by atoms with van der Waals surface area (Å²) in [6.07, 6.45) is 0. The third-order valence-electron chi connectivity index (χ3n) is 3.40. The van der Waals surface area contributed by atoms with E-state index in [2.05, 4.69) is 5.32 Å². The van der Waals surface area contributed by atoms with E-state index in [0.29, 0.717) is 22.1 Å². The molecule has 0 saturated heterocycles. The molecule has 0 aliphatic heterocycles. The molecule has 0 fully saturated rings. The summed E-state index contributed by atoms with van der Waals surface area (Å²) in [4.78, 5) is 12.1. The van der Waals surface area contributed by atoms with E-state index >= 15 is 0 Å². The van der Waals surface area contributed by atoms with Crippen molar-refractivity contribution in [3.05, 3.63) is 58.6 Å². The van der Waals surface area contributed by atoms with Crippen LogP contribution in [0.4, 0.5) is 0 Å². The zero-order chi connectivity index (χ0) is 17.5. The maximum Gasteiger partial charge on any atom is 0.258 e. The first kappa shape index (κ1) is 17.6. The molecule has 0 saturated carbocycles. The maximum atomic E-state index is 12.1. The number of carbonyl (C=O) groups excluding carboxylic acids is 1. The van der Waals surface area contributed by atoms with E-state index in [1.54, 1.807) is 24.3 Å². The van der Waals surface area contributed by atoms with Crippen molar-refractivity contribution in [1.82, 2.24) is 5.32 Å². The molecule has 124 valence electrons. The second-order valence-electron chi connectivity index (χ2n) is 5.08. The SMILES string of the molecule is COc1cc(C#N)ccc1OCC(=O)N[C@@H](C)c1ccccc1Cl. The highest BCUT2D eigenvalue weighted by atomic mass is 35.5. The van der Waals surface area contributed by atoms with Gasteiger partial charge in [0.1, 0.15) is 0 Å². The Bertz CT molecular complexity index is 771. The van der Waals surface area contributed by atoms with Crippen LogP contribution in [-0.2, 0) is 4.79 Å². The van der Waals surface area contributed by atoms with Gasteiger partial charge in [-0.25, -0.2) is 0 Å². The molecule has 1 amide bonds. The zero-order valence-corrected chi connectivity index (χ0v) is 14.1. The number of benzene rings is 2. The van der Waals surface area contributed by atoms with E-state index in [0.717, 1.165) is 5.56 Å². The van der Waals surface area contributed by atoms with Gasteiger partial charge in [-0.1, -0.05) is 29.8 Å². The number of rotatable bonds is 6. The molecule has 1 atom stereocenters. The number of hydrogen-bond acceptors (Lipinski definition) is 4. The lowest BCUT2D eigenvalue weighted by Gasteiger charge is -2.16. The van der Waals surface area contributed by atoms with Gasteiger partial charge in [0, 0.05) is 11.1 Å². The van der Waals surface area contributed by atoms with Gasteiger partial charge >= 0.3 is 0 Å². The molecule has 5 nitrogen and oxygen atoms in total. The fourth-order valence-electron chi connectivity index (χ4n) is 2.19. The molecule has 0 bridgehead atoms. The van der Waals surface area contributed by atoms with Crippen LogP contribution < -0.4 is 14.8 Å². The average molecular weight is 345 g/mol. The summed E-state index contributed by atoms with van der Waals surface area (Å²) in [5, 5.41) is 12.3. The van der Waals surface area contributed by atoms with E-state index in [-0.39, 0.29) is 18.6 Å². The first-order chi connectivity index (χ1) is 11.5. The van der Waals surface area contributed by atoms with Gasteiger partial charge in [-0.15, -0.1) is 0 Å². The van der Waals surface area contributed by atoms with Crippen LogP contribution in [0.1, 0.15) is 24.1 Å². The Balaban J connectivity index is 1.96. The lowest BCUT2D eigenvalue weighted by Crippen LogP contribution is -2.31. The molecule has 6 heteroatoms.